The van der Waals surface area contributed by atoms with Crippen LogP contribution in [0.25, 0.3) is 0 Å². The lowest BCUT2D eigenvalue weighted by Gasteiger charge is -2.44. The molecular weight excluding hydrogens is 352 g/mol. The zero-order chi connectivity index (χ0) is 19.5. The molecule has 0 radical (unpaired) electrons. The summed E-state index contributed by atoms with van der Waals surface area (Å²) in [5, 5.41) is 94.1. The van der Waals surface area contributed by atoms with E-state index in [1.807, 2.05) is 0 Å². The fourth-order valence-corrected chi connectivity index (χ4v) is 2.07. The molecule has 1 saturated heterocycles. The van der Waals surface area contributed by atoms with E-state index >= 15 is 0 Å². The molecule has 0 saturated carbocycles. The van der Waals surface area contributed by atoms with Crippen molar-refractivity contribution in [1.82, 2.24) is 0 Å². The maximum absolute atomic E-state index is 11.8. The minimum Gasteiger partial charge on any atom is -0.404 e. The van der Waals surface area contributed by atoms with E-state index in [2.05, 4.69) is 9.47 Å². The van der Waals surface area contributed by atoms with Gasteiger partial charge < -0.3 is 60.5 Å². The first kappa shape index (κ1) is 22.1. The minimum absolute atomic E-state index is 0.947. The van der Waals surface area contributed by atoms with Gasteiger partial charge in [0, 0.05) is 0 Å². The Kier molecular flexibility index (Phi) is 7.60. The maximum Gasteiger partial charge on any atom is 0.357 e. The normalized spacial score (nSPS) is 37.8. The first-order chi connectivity index (χ1) is 11.5. The van der Waals surface area contributed by atoms with Gasteiger partial charge in [0.25, 0.3) is 0 Å². The lowest BCUT2D eigenvalue weighted by atomic mass is 9.97. The van der Waals surface area contributed by atoms with Crippen LogP contribution in [0.1, 0.15) is 0 Å². The van der Waals surface area contributed by atoms with E-state index in [4.69, 9.17) is 15.3 Å². The Morgan fingerprint density at radius 1 is 1.04 bits per heavy atom. The summed E-state index contributed by atoms with van der Waals surface area (Å²) in [6, 6.07) is 0. The van der Waals surface area contributed by atoms with Crippen LogP contribution in [0.15, 0.2) is 0 Å². The van der Waals surface area contributed by atoms with Crippen LogP contribution in [0.3, 0.4) is 0 Å². The molecule has 5 unspecified atom stereocenters. The Morgan fingerprint density at radius 3 is 2.08 bits per heavy atom. The Balaban J connectivity index is 2.86. The van der Waals surface area contributed by atoms with Crippen molar-refractivity contribution >= 4 is 5.97 Å². The van der Waals surface area contributed by atoms with Gasteiger partial charge in [0.2, 0.25) is 0 Å². The van der Waals surface area contributed by atoms with Gasteiger partial charge in [0.1, 0.15) is 36.6 Å². The zero-order valence-corrected chi connectivity index (χ0v) is 12.7. The number of carbonyl (C=O) groups is 1. The number of hydrogen-bond donors (Lipinski definition) is 10. The fourth-order valence-electron chi connectivity index (χ4n) is 2.07. The summed E-state index contributed by atoms with van der Waals surface area (Å²) in [7, 11) is 0. The molecule has 1 aliphatic heterocycles. The van der Waals surface area contributed by atoms with Crippen LogP contribution >= 0.6 is 0 Å². The van der Waals surface area contributed by atoms with Crippen molar-refractivity contribution in [2.45, 2.75) is 54.8 Å². The average Bonchev–Trinajstić information content (AvgIpc) is 2.60. The van der Waals surface area contributed by atoms with E-state index < -0.39 is 74.0 Å². The quantitative estimate of drug-likeness (QED) is 0.147. The molecule has 9 atom stereocenters. The SMILES string of the molecule is O=C(OC1(O)O[C@H](CO)[C@@H](O)[C@H](O)[C@H]1O)C(O)C(O)C(O)C(O)CO. The van der Waals surface area contributed by atoms with Gasteiger partial charge >= 0.3 is 11.9 Å². The van der Waals surface area contributed by atoms with Crippen LogP contribution in [0.5, 0.6) is 0 Å². The second kappa shape index (κ2) is 8.61. The molecule has 0 aromatic rings. The predicted octanol–water partition coefficient (Wildman–Crippen LogP) is -6.91. The number of hydrogen-bond acceptors (Lipinski definition) is 13. The van der Waals surface area contributed by atoms with E-state index in [1.165, 1.54) is 0 Å². The van der Waals surface area contributed by atoms with Crippen molar-refractivity contribution < 1.29 is 65.3 Å². The third-order valence-corrected chi connectivity index (χ3v) is 3.67. The number of carbonyl (C=O) groups excluding carboxylic acids is 1. The second-order valence-corrected chi connectivity index (χ2v) is 5.49. The Morgan fingerprint density at radius 2 is 1.60 bits per heavy atom. The van der Waals surface area contributed by atoms with E-state index in [0.717, 1.165) is 0 Å². The highest BCUT2D eigenvalue weighted by Crippen LogP contribution is 2.29. The third-order valence-electron chi connectivity index (χ3n) is 3.67. The van der Waals surface area contributed by atoms with E-state index in [1.54, 1.807) is 0 Å². The molecule has 0 aromatic carbocycles. The van der Waals surface area contributed by atoms with Crippen molar-refractivity contribution in [2.24, 2.45) is 0 Å². The Bertz CT molecular complexity index is 445. The molecule has 1 aliphatic rings. The van der Waals surface area contributed by atoms with Gasteiger partial charge in [-0.15, -0.1) is 0 Å². The third kappa shape index (κ3) is 4.60. The summed E-state index contributed by atoms with van der Waals surface area (Å²) < 4.78 is 8.89. The minimum atomic E-state index is -3.30. The summed E-state index contributed by atoms with van der Waals surface area (Å²) in [4.78, 5) is 11.8. The number of ether oxygens (including phenoxy) is 2. The Labute approximate surface area is 140 Å². The highest BCUT2D eigenvalue weighted by atomic mass is 16.8. The van der Waals surface area contributed by atoms with Crippen molar-refractivity contribution in [3.05, 3.63) is 0 Å². The standard InChI is InChI=1S/C12H22O13/c13-1-3(15)5(16)7(18)9(20)11(22)25-12(23)10(21)8(19)6(17)4(2-14)24-12/h3-10,13-21,23H,1-2H2/t3?,4-,5?,6-,7?,8+,9?,10-,12?/m1/s1. The molecule has 13 nitrogen and oxygen atoms in total. The van der Waals surface area contributed by atoms with Crippen LogP contribution in [0, 0.1) is 0 Å². The topological polar surface area (TPSA) is 238 Å². The van der Waals surface area contributed by atoms with E-state index in [0.29, 0.717) is 0 Å². The maximum atomic E-state index is 11.8. The van der Waals surface area contributed by atoms with Crippen molar-refractivity contribution in [1.29, 1.82) is 0 Å². The first-order valence-electron chi connectivity index (χ1n) is 7.11. The lowest BCUT2D eigenvalue weighted by Crippen LogP contribution is -2.67. The van der Waals surface area contributed by atoms with Crippen LogP contribution in [-0.2, 0) is 14.3 Å². The molecule has 0 amide bonds. The number of esters is 1. The zero-order valence-electron chi connectivity index (χ0n) is 12.7. The van der Waals surface area contributed by atoms with Crippen LogP contribution in [-0.4, -0.2) is 125 Å². The van der Waals surface area contributed by atoms with E-state index in [9.17, 15) is 40.5 Å². The number of aliphatic hydroxyl groups is 10. The van der Waals surface area contributed by atoms with Gasteiger partial charge in [0.15, 0.2) is 12.2 Å². The molecule has 13 heteroatoms. The number of aliphatic hydroxyl groups excluding tert-OH is 9. The summed E-state index contributed by atoms with van der Waals surface area (Å²) in [6.07, 6.45) is -17.0. The summed E-state index contributed by atoms with van der Waals surface area (Å²) in [6.45, 7) is -1.95. The second-order valence-electron chi connectivity index (χ2n) is 5.49. The predicted molar refractivity (Wildman–Crippen MR) is 72.1 cm³/mol. The van der Waals surface area contributed by atoms with Gasteiger partial charge in [-0.3, -0.25) is 0 Å². The van der Waals surface area contributed by atoms with E-state index in [-0.39, 0.29) is 0 Å². The van der Waals surface area contributed by atoms with Gasteiger partial charge in [-0.05, 0) is 0 Å². The molecule has 1 rings (SSSR count). The molecule has 0 aromatic heterocycles. The molecule has 1 heterocycles. The van der Waals surface area contributed by atoms with Crippen LogP contribution < -0.4 is 0 Å². The Hall–Kier alpha value is -0.970. The van der Waals surface area contributed by atoms with Crippen molar-refractivity contribution in [2.75, 3.05) is 13.2 Å². The smallest absolute Gasteiger partial charge is 0.357 e. The van der Waals surface area contributed by atoms with Crippen molar-refractivity contribution in [3.63, 3.8) is 0 Å². The molecule has 10 N–H and O–H groups in total. The molecule has 25 heavy (non-hydrogen) atoms. The molecular formula is C12H22O13. The first-order valence-corrected chi connectivity index (χ1v) is 7.11. The largest absolute Gasteiger partial charge is 0.404 e. The van der Waals surface area contributed by atoms with Crippen molar-refractivity contribution in [3.8, 4) is 0 Å². The van der Waals surface area contributed by atoms with Gasteiger partial charge in [-0.25, -0.2) is 4.79 Å². The molecule has 148 valence electrons. The summed E-state index contributed by atoms with van der Waals surface area (Å²) >= 11 is 0. The van der Waals surface area contributed by atoms with Crippen LogP contribution in [0.4, 0.5) is 0 Å². The van der Waals surface area contributed by atoms with Crippen LogP contribution in [0.2, 0.25) is 0 Å². The van der Waals surface area contributed by atoms with Gasteiger partial charge in [-0.1, -0.05) is 0 Å². The molecule has 0 spiro atoms. The lowest BCUT2D eigenvalue weighted by molar-refractivity contribution is -0.435. The summed E-state index contributed by atoms with van der Waals surface area (Å²) in [5.74, 6) is -5.15. The van der Waals surface area contributed by atoms with Gasteiger partial charge in [-0.2, -0.15) is 0 Å². The fraction of sp³-hybridized carbons (Fsp3) is 0.917. The highest BCUT2D eigenvalue weighted by Gasteiger charge is 2.56. The number of rotatable bonds is 7. The average molecular weight is 374 g/mol. The molecule has 0 aliphatic carbocycles. The molecule has 0 bridgehead atoms. The highest BCUT2D eigenvalue weighted by molar-refractivity contribution is 5.75. The monoisotopic (exact) mass is 374 g/mol. The molecule has 1 fully saturated rings. The van der Waals surface area contributed by atoms with Gasteiger partial charge in [0.05, 0.1) is 13.2 Å². The summed E-state index contributed by atoms with van der Waals surface area (Å²) in [5.41, 5.74) is 0.